The number of aryl methyl sites for hydroxylation is 1. The second-order valence-corrected chi connectivity index (χ2v) is 6.25. The van der Waals surface area contributed by atoms with Gasteiger partial charge in [-0.1, -0.05) is 35.5 Å². The Morgan fingerprint density at radius 1 is 1.24 bits per heavy atom. The SMILES string of the molecule is CCNC(=NCC1(c2ccccc2)CC1)NCCc1nc(C)no1.I. The Bertz CT molecular complexity index is 682. The number of nitrogens with zero attached hydrogens (tertiary/aromatic N) is 3. The molecular weight excluding hydrogens is 429 g/mol. The van der Waals surface area contributed by atoms with Crippen molar-refractivity contribution in [2.45, 2.75) is 38.5 Å². The molecule has 136 valence electrons. The van der Waals surface area contributed by atoms with Gasteiger partial charge in [-0.05, 0) is 32.3 Å². The average Bonchev–Trinajstić information content (AvgIpc) is 3.29. The van der Waals surface area contributed by atoms with Gasteiger partial charge >= 0.3 is 0 Å². The highest BCUT2D eigenvalue weighted by molar-refractivity contribution is 14.0. The minimum Gasteiger partial charge on any atom is -0.357 e. The zero-order chi connectivity index (χ0) is 16.8. The molecule has 25 heavy (non-hydrogen) atoms. The lowest BCUT2D eigenvalue weighted by atomic mass is 9.96. The van der Waals surface area contributed by atoms with Gasteiger partial charge in [0.1, 0.15) is 0 Å². The fourth-order valence-corrected chi connectivity index (χ4v) is 2.78. The van der Waals surface area contributed by atoms with Crippen molar-refractivity contribution in [3.8, 4) is 0 Å². The normalized spacial score (nSPS) is 15.4. The number of aromatic nitrogens is 2. The summed E-state index contributed by atoms with van der Waals surface area (Å²) in [7, 11) is 0. The molecule has 0 spiro atoms. The highest BCUT2D eigenvalue weighted by Gasteiger charge is 2.43. The van der Waals surface area contributed by atoms with Gasteiger partial charge in [-0.2, -0.15) is 4.98 Å². The number of hydrogen-bond acceptors (Lipinski definition) is 4. The van der Waals surface area contributed by atoms with E-state index < -0.39 is 0 Å². The van der Waals surface area contributed by atoms with Crippen molar-refractivity contribution in [2.24, 2.45) is 4.99 Å². The maximum atomic E-state index is 5.13. The van der Waals surface area contributed by atoms with Crippen molar-refractivity contribution in [1.82, 2.24) is 20.8 Å². The van der Waals surface area contributed by atoms with Gasteiger partial charge in [0, 0.05) is 24.9 Å². The quantitative estimate of drug-likeness (QED) is 0.382. The Labute approximate surface area is 165 Å². The first kappa shape index (κ1) is 19.7. The molecule has 7 heteroatoms. The molecule has 2 aromatic rings. The first-order valence-corrected chi connectivity index (χ1v) is 8.59. The summed E-state index contributed by atoms with van der Waals surface area (Å²) in [5.74, 6) is 2.17. The van der Waals surface area contributed by atoms with Crippen molar-refractivity contribution in [1.29, 1.82) is 0 Å². The molecule has 3 rings (SSSR count). The molecule has 1 fully saturated rings. The Morgan fingerprint density at radius 3 is 2.60 bits per heavy atom. The summed E-state index contributed by atoms with van der Waals surface area (Å²) in [6.45, 7) is 6.26. The Kier molecular flexibility index (Phi) is 7.22. The molecule has 1 aliphatic rings. The van der Waals surface area contributed by atoms with E-state index >= 15 is 0 Å². The summed E-state index contributed by atoms with van der Waals surface area (Å²) >= 11 is 0. The van der Waals surface area contributed by atoms with Gasteiger partial charge < -0.3 is 15.2 Å². The van der Waals surface area contributed by atoms with Crippen LogP contribution in [0.4, 0.5) is 0 Å². The van der Waals surface area contributed by atoms with Crippen LogP contribution in [0.2, 0.25) is 0 Å². The lowest BCUT2D eigenvalue weighted by Crippen LogP contribution is -2.39. The van der Waals surface area contributed by atoms with Crippen molar-refractivity contribution in [2.75, 3.05) is 19.6 Å². The van der Waals surface area contributed by atoms with Gasteiger partial charge in [0.15, 0.2) is 11.8 Å². The fraction of sp³-hybridized carbons (Fsp3) is 0.500. The molecule has 1 aromatic carbocycles. The fourth-order valence-electron chi connectivity index (χ4n) is 2.78. The minimum absolute atomic E-state index is 0. The molecule has 0 bridgehead atoms. The van der Waals surface area contributed by atoms with E-state index in [0.29, 0.717) is 24.7 Å². The van der Waals surface area contributed by atoms with Crippen LogP contribution in [-0.4, -0.2) is 35.7 Å². The maximum absolute atomic E-state index is 5.13. The molecule has 1 aliphatic carbocycles. The van der Waals surface area contributed by atoms with Gasteiger partial charge in [-0.25, -0.2) is 0 Å². The van der Waals surface area contributed by atoms with Crippen molar-refractivity contribution >= 4 is 29.9 Å². The molecule has 0 unspecified atom stereocenters. The largest absolute Gasteiger partial charge is 0.357 e. The number of nitrogens with one attached hydrogen (secondary N) is 2. The van der Waals surface area contributed by atoms with Crippen LogP contribution in [0.15, 0.2) is 39.8 Å². The van der Waals surface area contributed by atoms with Crippen LogP contribution in [0.1, 0.15) is 37.0 Å². The lowest BCUT2D eigenvalue weighted by molar-refractivity contribution is 0.374. The van der Waals surface area contributed by atoms with Crippen LogP contribution >= 0.6 is 24.0 Å². The van der Waals surface area contributed by atoms with Gasteiger partial charge in [0.05, 0.1) is 6.54 Å². The smallest absolute Gasteiger partial charge is 0.228 e. The molecule has 1 heterocycles. The molecule has 2 N–H and O–H groups in total. The van der Waals surface area contributed by atoms with Crippen LogP contribution in [0, 0.1) is 6.92 Å². The zero-order valence-electron chi connectivity index (χ0n) is 14.8. The van der Waals surface area contributed by atoms with Crippen LogP contribution in [0.3, 0.4) is 0 Å². The summed E-state index contributed by atoms with van der Waals surface area (Å²) in [5, 5.41) is 10.4. The second-order valence-electron chi connectivity index (χ2n) is 6.25. The lowest BCUT2D eigenvalue weighted by Gasteiger charge is -2.15. The van der Waals surface area contributed by atoms with E-state index in [1.165, 1.54) is 18.4 Å². The van der Waals surface area contributed by atoms with Crippen molar-refractivity contribution in [3.05, 3.63) is 47.6 Å². The van der Waals surface area contributed by atoms with E-state index in [0.717, 1.165) is 19.0 Å². The summed E-state index contributed by atoms with van der Waals surface area (Å²) < 4.78 is 5.13. The standard InChI is InChI=1S/C18H25N5O.HI/c1-3-19-17(20-12-9-16-22-14(2)23-24-16)21-13-18(10-11-18)15-7-5-4-6-8-15;/h4-8H,3,9-13H2,1-2H3,(H2,19,20,21);1H. The Morgan fingerprint density at radius 2 is 2.00 bits per heavy atom. The predicted molar refractivity (Wildman–Crippen MR) is 109 cm³/mol. The number of guanidine groups is 1. The number of benzene rings is 1. The van der Waals surface area contributed by atoms with E-state index in [9.17, 15) is 0 Å². The number of rotatable bonds is 7. The van der Waals surface area contributed by atoms with E-state index in [-0.39, 0.29) is 29.4 Å². The van der Waals surface area contributed by atoms with Gasteiger partial charge in [-0.15, -0.1) is 24.0 Å². The van der Waals surface area contributed by atoms with E-state index in [2.05, 4.69) is 58.0 Å². The van der Waals surface area contributed by atoms with Gasteiger partial charge in [0.25, 0.3) is 0 Å². The van der Waals surface area contributed by atoms with Crippen molar-refractivity contribution in [3.63, 3.8) is 0 Å². The van der Waals surface area contributed by atoms with E-state index in [4.69, 9.17) is 9.52 Å². The van der Waals surface area contributed by atoms with Crippen LogP contribution in [0.25, 0.3) is 0 Å². The molecule has 0 radical (unpaired) electrons. The molecule has 1 saturated carbocycles. The average molecular weight is 455 g/mol. The maximum Gasteiger partial charge on any atom is 0.228 e. The van der Waals surface area contributed by atoms with Gasteiger partial charge in [0.2, 0.25) is 5.89 Å². The first-order valence-electron chi connectivity index (χ1n) is 8.59. The topological polar surface area (TPSA) is 75.3 Å². The zero-order valence-corrected chi connectivity index (χ0v) is 17.1. The van der Waals surface area contributed by atoms with Crippen LogP contribution < -0.4 is 10.6 Å². The Balaban J connectivity index is 0.00000225. The Hall–Kier alpha value is -1.64. The monoisotopic (exact) mass is 455 g/mol. The summed E-state index contributed by atoms with van der Waals surface area (Å²) in [6, 6.07) is 10.7. The van der Waals surface area contributed by atoms with Crippen molar-refractivity contribution < 1.29 is 4.52 Å². The molecule has 6 nitrogen and oxygen atoms in total. The molecular formula is C18H26IN5O. The second kappa shape index (κ2) is 9.17. The first-order chi connectivity index (χ1) is 11.7. The van der Waals surface area contributed by atoms with E-state index in [1.54, 1.807) is 0 Å². The number of aliphatic imine (C=N–C) groups is 1. The number of hydrogen-bond donors (Lipinski definition) is 2. The summed E-state index contributed by atoms with van der Waals surface area (Å²) in [4.78, 5) is 9.00. The predicted octanol–water partition coefficient (Wildman–Crippen LogP) is 2.83. The molecule has 0 atom stereocenters. The third-order valence-electron chi connectivity index (χ3n) is 4.32. The molecule has 0 amide bonds. The summed E-state index contributed by atoms with van der Waals surface area (Å²) in [5.41, 5.74) is 1.62. The highest BCUT2D eigenvalue weighted by Crippen LogP contribution is 2.48. The van der Waals surface area contributed by atoms with Gasteiger partial charge in [-0.3, -0.25) is 4.99 Å². The third-order valence-corrected chi connectivity index (χ3v) is 4.32. The highest BCUT2D eigenvalue weighted by atomic mass is 127. The summed E-state index contributed by atoms with van der Waals surface area (Å²) in [6.07, 6.45) is 3.11. The molecule has 1 aromatic heterocycles. The third kappa shape index (κ3) is 5.42. The minimum atomic E-state index is 0. The molecule has 0 aliphatic heterocycles. The van der Waals surface area contributed by atoms with Crippen LogP contribution in [-0.2, 0) is 11.8 Å². The molecule has 0 saturated heterocycles. The number of halogens is 1. The van der Waals surface area contributed by atoms with Crippen LogP contribution in [0.5, 0.6) is 0 Å². The van der Waals surface area contributed by atoms with E-state index in [1.807, 2.05) is 6.92 Å².